The molecule has 2 spiro atoms. The van der Waals surface area contributed by atoms with Crippen molar-refractivity contribution in [3.63, 3.8) is 0 Å². The van der Waals surface area contributed by atoms with Gasteiger partial charge in [0.15, 0.2) is 0 Å². The van der Waals surface area contributed by atoms with Crippen molar-refractivity contribution in [2.75, 3.05) is 18.5 Å². The maximum Gasteiger partial charge on any atom is 0.0545 e. The molecule has 1 aliphatic heterocycles. The lowest BCUT2D eigenvalue weighted by molar-refractivity contribution is -0.164. The van der Waals surface area contributed by atoms with Crippen molar-refractivity contribution < 1.29 is 4.74 Å². The monoisotopic (exact) mass is 312 g/mol. The fourth-order valence-electron chi connectivity index (χ4n) is 5.64. The zero-order chi connectivity index (χ0) is 15.7. The number of ether oxygens (including phenoxy) is 1. The Morgan fingerprint density at radius 1 is 1.04 bits per heavy atom. The molecule has 0 amide bonds. The Hall–Kier alpha value is -1.06. The highest BCUT2D eigenvalue weighted by atomic mass is 16.5. The molecular formula is C20H28N2O. The number of anilines is 1. The van der Waals surface area contributed by atoms with E-state index >= 15 is 0 Å². The molecule has 3 aliphatic carbocycles. The molecule has 23 heavy (non-hydrogen) atoms. The minimum atomic E-state index is 0.476. The molecule has 0 radical (unpaired) electrons. The first kappa shape index (κ1) is 14.3. The van der Waals surface area contributed by atoms with Crippen molar-refractivity contribution >= 4 is 5.69 Å². The minimum Gasteiger partial charge on any atom is -0.382 e. The van der Waals surface area contributed by atoms with Crippen molar-refractivity contribution in [3.8, 4) is 0 Å². The molecule has 1 heterocycles. The van der Waals surface area contributed by atoms with Gasteiger partial charge in [0.05, 0.1) is 13.2 Å². The Bertz CT molecular complexity index is 615. The number of nitrogens with two attached hydrogens (primary N) is 1. The van der Waals surface area contributed by atoms with Gasteiger partial charge in [-0.3, -0.25) is 0 Å². The van der Waals surface area contributed by atoms with Gasteiger partial charge in [0, 0.05) is 23.2 Å². The largest absolute Gasteiger partial charge is 0.382 e. The molecule has 1 aromatic rings. The summed E-state index contributed by atoms with van der Waals surface area (Å²) >= 11 is 0. The Balaban J connectivity index is 1.19. The fourth-order valence-corrected chi connectivity index (χ4v) is 5.64. The Kier molecular flexibility index (Phi) is 2.94. The molecule has 3 heteroatoms. The van der Waals surface area contributed by atoms with Crippen LogP contribution in [-0.2, 0) is 4.74 Å². The Morgan fingerprint density at radius 2 is 1.78 bits per heavy atom. The summed E-state index contributed by atoms with van der Waals surface area (Å²) in [7, 11) is 0. The SMILES string of the molecule is Cc1cc(C2CC3(COC3)C2)ccc1NC1CC2(CC(N)C2)C1. The summed E-state index contributed by atoms with van der Waals surface area (Å²) in [5.41, 5.74) is 11.4. The number of rotatable bonds is 3. The first-order valence-electron chi connectivity index (χ1n) is 9.25. The quantitative estimate of drug-likeness (QED) is 0.897. The summed E-state index contributed by atoms with van der Waals surface area (Å²) in [5, 5.41) is 3.76. The van der Waals surface area contributed by atoms with E-state index < -0.39 is 0 Å². The number of hydrogen-bond donors (Lipinski definition) is 2. The molecular weight excluding hydrogens is 284 g/mol. The predicted octanol–water partition coefficient (Wildman–Crippen LogP) is 3.57. The zero-order valence-corrected chi connectivity index (χ0v) is 14.1. The highest BCUT2D eigenvalue weighted by molar-refractivity contribution is 5.54. The van der Waals surface area contributed by atoms with Crippen LogP contribution >= 0.6 is 0 Å². The standard InChI is InChI=1S/C20H28N2O/c1-13-4-14(15-5-20(6-15)11-23-12-20)2-3-18(13)22-17-9-19(10-17)7-16(21)8-19/h2-4,15-17,22H,5-12,21H2,1H3. The topological polar surface area (TPSA) is 47.3 Å². The second-order valence-corrected chi connectivity index (χ2v) is 9.09. The van der Waals surface area contributed by atoms with E-state index in [0.717, 1.165) is 19.1 Å². The van der Waals surface area contributed by atoms with Crippen LogP contribution in [0.1, 0.15) is 55.6 Å². The van der Waals surface area contributed by atoms with Gasteiger partial charge in [0.2, 0.25) is 0 Å². The molecule has 0 atom stereocenters. The van der Waals surface area contributed by atoms with Gasteiger partial charge in [-0.2, -0.15) is 0 Å². The van der Waals surface area contributed by atoms with Crippen molar-refractivity contribution in [1.82, 2.24) is 0 Å². The molecule has 0 bridgehead atoms. The normalized spacial score (nSPS) is 37.7. The fraction of sp³-hybridized carbons (Fsp3) is 0.700. The molecule has 3 saturated carbocycles. The first-order valence-corrected chi connectivity index (χ1v) is 9.25. The molecule has 4 fully saturated rings. The van der Waals surface area contributed by atoms with Crippen molar-refractivity contribution in [2.45, 2.75) is 63.5 Å². The van der Waals surface area contributed by atoms with Crippen molar-refractivity contribution in [3.05, 3.63) is 29.3 Å². The zero-order valence-electron chi connectivity index (χ0n) is 14.1. The van der Waals surface area contributed by atoms with Crippen LogP contribution in [0.2, 0.25) is 0 Å². The highest BCUT2D eigenvalue weighted by Gasteiger charge is 2.52. The molecule has 5 rings (SSSR count). The molecule has 0 unspecified atom stereocenters. The van der Waals surface area contributed by atoms with E-state index in [1.807, 2.05) is 0 Å². The van der Waals surface area contributed by atoms with Crippen LogP contribution in [0.25, 0.3) is 0 Å². The summed E-state index contributed by atoms with van der Waals surface area (Å²) in [6.07, 6.45) is 7.77. The van der Waals surface area contributed by atoms with Crippen molar-refractivity contribution in [2.24, 2.45) is 16.6 Å². The lowest BCUT2D eigenvalue weighted by Gasteiger charge is -2.57. The number of benzene rings is 1. The Morgan fingerprint density at radius 3 is 2.35 bits per heavy atom. The van der Waals surface area contributed by atoms with Crippen molar-refractivity contribution in [1.29, 1.82) is 0 Å². The van der Waals surface area contributed by atoms with Gasteiger partial charge in [0.25, 0.3) is 0 Å². The van der Waals surface area contributed by atoms with E-state index in [1.54, 1.807) is 0 Å². The van der Waals surface area contributed by atoms with Crippen LogP contribution in [0.5, 0.6) is 0 Å². The molecule has 3 nitrogen and oxygen atoms in total. The molecule has 124 valence electrons. The molecule has 1 aromatic carbocycles. The van der Waals surface area contributed by atoms with Gasteiger partial charge in [-0.1, -0.05) is 12.1 Å². The van der Waals surface area contributed by atoms with Gasteiger partial charge >= 0.3 is 0 Å². The van der Waals surface area contributed by atoms with Crippen LogP contribution in [0, 0.1) is 17.8 Å². The third-order valence-electron chi connectivity index (χ3n) is 7.01. The van der Waals surface area contributed by atoms with Crippen LogP contribution in [-0.4, -0.2) is 25.3 Å². The lowest BCUT2D eigenvalue weighted by atomic mass is 9.52. The minimum absolute atomic E-state index is 0.476. The number of aryl methyl sites for hydroxylation is 1. The van der Waals surface area contributed by atoms with Crippen LogP contribution < -0.4 is 11.1 Å². The third-order valence-corrected chi connectivity index (χ3v) is 7.01. The molecule has 3 N–H and O–H groups in total. The molecule has 0 aromatic heterocycles. The van der Waals surface area contributed by atoms with E-state index in [-0.39, 0.29) is 0 Å². The average molecular weight is 312 g/mol. The molecule has 1 saturated heterocycles. The summed E-state index contributed by atoms with van der Waals surface area (Å²) in [4.78, 5) is 0. The van der Waals surface area contributed by atoms with E-state index in [0.29, 0.717) is 22.9 Å². The van der Waals surface area contributed by atoms with Gasteiger partial charge in [0.1, 0.15) is 0 Å². The van der Waals surface area contributed by atoms with E-state index in [4.69, 9.17) is 10.5 Å². The second-order valence-electron chi connectivity index (χ2n) is 9.09. The number of nitrogens with one attached hydrogen (secondary N) is 1. The van der Waals surface area contributed by atoms with Gasteiger partial charge in [-0.05, 0) is 74.0 Å². The van der Waals surface area contributed by atoms with Gasteiger partial charge < -0.3 is 15.8 Å². The van der Waals surface area contributed by atoms with E-state index in [2.05, 4.69) is 30.4 Å². The van der Waals surface area contributed by atoms with Crippen LogP contribution in [0.15, 0.2) is 18.2 Å². The molecule has 4 aliphatic rings. The van der Waals surface area contributed by atoms with Gasteiger partial charge in [-0.15, -0.1) is 0 Å². The average Bonchev–Trinajstić information content (AvgIpc) is 2.33. The predicted molar refractivity (Wildman–Crippen MR) is 92.7 cm³/mol. The van der Waals surface area contributed by atoms with Crippen LogP contribution in [0.3, 0.4) is 0 Å². The van der Waals surface area contributed by atoms with Crippen LogP contribution in [0.4, 0.5) is 5.69 Å². The summed E-state index contributed by atoms with van der Waals surface area (Å²) < 4.78 is 5.39. The van der Waals surface area contributed by atoms with Gasteiger partial charge in [-0.25, -0.2) is 0 Å². The maximum absolute atomic E-state index is 5.95. The summed E-state index contributed by atoms with van der Waals surface area (Å²) in [6.45, 7) is 4.24. The Labute approximate surface area is 139 Å². The summed E-state index contributed by atoms with van der Waals surface area (Å²) in [5.74, 6) is 0.759. The maximum atomic E-state index is 5.95. The van der Waals surface area contributed by atoms with E-state index in [1.165, 1.54) is 55.3 Å². The lowest BCUT2D eigenvalue weighted by Crippen LogP contribution is -2.57. The third kappa shape index (κ3) is 2.24. The van der Waals surface area contributed by atoms with E-state index in [9.17, 15) is 0 Å². The summed E-state index contributed by atoms with van der Waals surface area (Å²) in [6, 6.07) is 8.20. The highest BCUT2D eigenvalue weighted by Crippen LogP contribution is 2.57. The first-order chi connectivity index (χ1) is 11.0. The number of hydrogen-bond acceptors (Lipinski definition) is 3. The second kappa shape index (κ2) is 4.73. The smallest absolute Gasteiger partial charge is 0.0545 e.